The third kappa shape index (κ3) is 4.26. The number of nitrogens with two attached hydrogens (primary N) is 1. The van der Waals surface area contributed by atoms with E-state index in [4.69, 9.17) is 10.5 Å². The molecule has 1 aliphatic rings. The first-order valence-corrected chi connectivity index (χ1v) is 4.94. The summed E-state index contributed by atoms with van der Waals surface area (Å²) in [7, 11) is 1.56. The predicted octanol–water partition coefficient (Wildman–Crippen LogP) is -1.69. The van der Waals surface area contributed by atoms with E-state index in [0.717, 1.165) is 6.54 Å². The molecule has 1 unspecified atom stereocenters. The number of nitrogens with zero attached hydrogens (tertiary/aromatic N) is 1. The van der Waals surface area contributed by atoms with E-state index in [1.165, 1.54) is 4.90 Å². The number of rotatable bonds is 4. The zero-order chi connectivity index (χ0) is 11.3. The van der Waals surface area contributed by atoms with Gasteiger partial charge in [-0.25, -0.2) is 0 Å². The molecule has 1 rings (SSSR count). The molecule has 15 heavy (non-hydrogen) atoms. The first-order chi connectivity index (χ1) is 7.09. The monoisotopic (exact) mass is 215 g/mol. The van der Waals surface area contributed by atoms with Crippen molar-refractivity contribution >= 4 is 11.8 Å². The molecule has 3 N–H and O–H groups in total. The van der Waals surface area contributed by atoms with Crippen LogP contribution in [0.5, 0.6) is 0 Å². The number of primary amides is 1. The second-order valence-corrected chi connectivity index (χ2v) is 3.62. The Morgan fingerprint density at radius 1 is 1.60 bits per heavy atom. The number of hydrogen-bond donors (Lipinski definition) is 2. The molecule has 1 atom stereocenters. The lowest BCUT2D eigenvalue weighted by atomic mass is 10.2. The van der Waals surface area contributed by atoms with Crippen LogP contribution in [-0.4, -0.2) is 56.1 Å². The van der Waals surface area contributed by atoms with Crippen LogP contribution in [-0.2, 0) is 14.3 Å². The number of carbonyl (C=O) groups is 2. The number of hydrogen-bond acceptors (Lipinski definition) is 4. The summed E-state index contributed by atoms with van der Waals surface area (Å²) in [5.74, 6) is -0.629. The lowest BCUT2D eigenvalue weighted by Gasteiger charge is -2.25. The molecular formula is C9H17N3O3. The zero-order valence-electron chi connectivity index (χ0n) is 8.86. The average Bonchev–Trinajstić information content (AvgIpc) is 2.18. The fourth-order valence-corrected chi connectivity index (χ4v) is 1.42. The lowest BCUT2D eigenvalue weighted by Crippen LogP contribution is -2.43. The van der Waals surface area contributed by atoms with Crippen molar-refractivity contribution in [2.75, 3.05) is 33.3 Å². The van der Waals surface area contributed by atoms with E-state index >= 15 is 0 Å². The van der Waals surface area contributed by atoms with Crippen LogP contribution in [0.3, 0.4) is 0 Å². The van der Waals surface area contributed by atoms with Crippen LogP contribution < -0.4 is 11.1 Å². The Balaban J connectivity index is 2.30. The Labute approximate surface area is 88.7 Å². The summed E-state index contributed by atoms with van der Waals surface area (Å²) in [6.45, 7) is 2.08. The minimum atomic E-state index is -0.506. The van der Waals surface area contributed by atoms with Gasteiger partial charge in [0.05, 0.1) is 25.7 Å². The quantitative estimate of drug-likeness (QED) is 0.586. The largest absolute Gasteiger partial charge is 0.375 e. The highest BCUT2D eigenvalue weighted by Crippen LogP contribution is 2.03. The number of morpholine rings is 1. The van der Waals surface area contributed by atoms with Crippen molar-refractivity contribution in [1.29, 1.82) is 0 Å². The Hall–Kier alpha value is -1.14. The normalized spacial score (nSPS) is 21.0. The molecule has 0 radical (unpaired) electrons. The van der Waals surface area contributed by atoms with Crippen LogP contribution in [0.4, 0.5) is 0 Å². The van der Waals surface area contributed by atoms with Gasteiger partial charge >= 0.3 is 0 Å². The molecule has 86 valence electrons. The summed E-state index contributed by atoms with van der Waals surface area (Å²) in [5.41, 5.74) is 4.99. The number of carbonyl (C=O) groups excluding carboxylic acids is 2. The number of nitrogens with one attached hydrogen (secondary N) is 1. The van der Waals surface area contributed by atoms with E-state index in [1.807, 2.05) is 0 Å². The van der Waals surface area contributed by atoms with Gasteiger partial charge in [-0.1, -0.05) is 0 Å². The first kappa shape index (κ1) is 11.9. The van der Waals surface area contributed by atoms with Gasteiger partial charge in [0, 0.05) is 20.1 Å². The molecule has 0 aliphatic carbocycles. The van der Waals surface area contributed by atoms with Gasteiger partial charge in [0.15, 0.2) is 0 Å². The van der Waals surface area contributed by atoms with Crippen LogP contribution in [0.1, 0.15) is 6.42 Å². The van der Waals surface area contributed by atoms with Crippen molar-refractivity contribution in [2.24, 2.45) is 5.73 Å². The Bertz CT molecular complexity index is 239. The smallest absolute Gasteiger partial charge is 0.237 e. The molecule has 1 saturated heterocycles. The molecule has 1 heterocycles. The van der Waals surface area contributed by atoms with Crippen molar-refractivity contribution < 1.29 is 14.3 Å². The van der Waals surface area contributed by atoms with Gasteiger partial charge in [0.2, 0.25) is 11.8 Å². The molecular weight excluding hydrogens is 198 g/mol. The maximum absolute atomic E-state index is 11.6. The fourth-order valence-electron chi connectivity index (χ4n) is 1.42. The van der Waals surface area contributed by atoms with Crippen molar-refractivity contribution in [3.05, 3.63) is 0 Å². The first-order valence-electron chi connectivity index (χ1n) is 4.94. The maximum Gasteiger partial charge on any atom is 0.237 e. The Kier molecular flexibility index (Phi) is 4.51. The molecule has 6 nitrogen and oxygen atoms in total. The van der Waals surface area contributed by atoms with Gasteiger partial charge in [-0.05, 0) is 0 Å². The lowest BCUT2D eigenvalue weighted by molar-refractivity contribution is -0.136. The number of ether oxygens (including phenoxy) is 1. The van der Waals surface area contributed by atoms with Gasteiger partial charge in [0.25, 0.3) is 0 Å². The van der Waals surface area contributed by atoms with Crippen molar-refractivity contribution in [3.8, 4) is 0 Å². The van der Waals surface area contributed by atoms with Gasteiger partial charge in [-0.15, -0.1) is 0 Å². The van der Waals surface area contributed by atoms with Crippen molar-refractivity contribution in [2.45, 2.75) is 12.5 Å². The molecule has 1 fully saturated rings. The van der Waals surface area contributed by atoms with Crippen LogP contribution in [0.2, 0.25) is 0 Å². The highest BCUT2D eigenvalue weighted by Gasteiger charge is 2.20. The second kappa shape index (κ2) is 5.67. The van der Waals surface area contributed by atoms with E-state index < -0.39 is 5.91 Å². The standard InChI is InChI=1S/C9H17N3O3/c1-12(6-8(10)13)9(14)4-7-5-11-2-3-15-7/h7,11H,2-6H2,1H3,(H2,10,13). The Morgan fingerprint density at radius 3 is 2.87 bits per heavy atom. The topological polar surface area (TPSA) is 84.7 Å². The average molecular weight is 215 g/mol. The van der Waals surface area contributed by atoms with E-state index in [0.29, 0.717) is 13.2 Å². The molecule has 0 bridgehead atoms. The summed E-state index contributed by atoms with van der Waals surface area (Å²) < 4.78 is 5.38. The Morgan fingerprint density at radius 2 is 2.33 bits per heavy atom. The third-order valence-corrected chi connectivity index (χ3v) is 2.23. The van der Waals surface area contributed by atoms with Gasteiger partial charge in [-0.3, -0.25) is 9.59 Å². The molecule has 0 spiro atoms. The van der Waals surface area contributed by atoms with Gasteiger partial charge < -0.3 is 20.7 Å². The van der Waals surface area contributed by atoms with Gasteiger partial charge in [0.1, 0.15) is 0 Å². The predicted molar refractivity (Wildman–Crippen MR) is 54.1 cm³/mol. The van der Waals surface area contributed by atoms with Crippen LogP contribution in [0, 0.1) is 0 Å². The summed E-state index contributed by atoms with van der Waals surface area (Å²) in [4.78, 5) is 23.5. The minimum Gasteiger partial charge on any atom is -0.375 e. The highest BCUT2D eigenvalue weighted by molar-refractivity contribution is 5.83. The molecule has 0 aromatic rings. The van der Waals surface area contributed by atoms with Crippen LogP contribution >= 0.6 is 0 Å². The van der Waals surface area contributed by atoms with Crippen molar-refractivity contribution in [3.63, 3.8) is 0 Å². The third-order valence-electron chi connectivity index (χ3n) is 2.23. The maximum atomic E-state index is 11.6. The number of likely N-dealkylation sites (N-methyl/N-ethyl adjacent to an activating group) is 1. The molecule has 0 aromatic carbocycles. The van der Waals surface area contributed by atoms with E-state index in [9.17, 15) is 9.59 Å². The van der Waals surface area contributed by atoms with Crippen molar-refractivity contribution in [1.82, 2.24) is 10.2 Å². The van der Waals surface area contributed by atoms with E-state index in [1.54, 1.807) is 7.05 Å². The van der Waals surface area contributed by atoms with E-state index in [2.05, 4.69) is 5.32 Å². The number of amides is 2. The van der Waals surface area contributed by atoms with Gasteiger partial charge in [-0.2, -0.15) is 0 Å². The summed E-state index contributed by atoms with van der Waals surface area (Å²) in [6, 6.07) is 0. The molecule has 1 aliphatic heterocycles. The zero-order valence-corrected chi connectivity index (χ0v) is 8.86. The summed E-state index contributed by atoms with van der Waals surface area (Å²) in [5, 5.41) is 3.13. The summed E-state index contributed by atoms with van der Waals surface area (Å²) in [6.07, 6.45) is 0.193. The van der Waals surface area contributed by atoms with E-state index in [-0.39, 0.29) is 25.0 Å². The molecule has 2 amide bonds. The summed E-state index contributed by atoms with van der Waals surface area (Å²) >= 11 is 0. The SMILES string of the molecule is CN(CC(N)=O)C(=O)CC1CNCCO1. The second-order valence-electron chi connectivity index (χ2n) is 3.62. The molecule has 0 aromatic heterocycles. The van der Waals surface area contributed by atoms with Crippen LogP contribution in [0.25, 0.3) is 0 Å². The fraction of sp³-hybridized carbons (Fsp3) is 0.778. The highest BCUT2D eigenvalue weighted by atomic mass is 16.5. The minimum absolute atomic E-state index is 0.0427. The van der Waals surface area contributed by atoms with Crippen LogP contribution in [0.15, 0.2) is 0 Å². The molecule has 6 heteroatoms. The molecule has 0 saturated carbocycles.